The summed E-state index contributed by atoms with van der Waals surface area (Å²) in [5.74, 6) is 0. The number of β-amino-alcohol motifs (C(OH)–C–C–N with tert-alkyl or cyclic N) is 1. The molecule has 106 valence electrons. The zero-order valence-corrected chi connectivity index (χ0v) is 12.3. The number of nitrogens with zero attached hydrogens (tertiary/aromatic N) is 1. The molecule has 1 fully saturated rings. The third-order valence-electron chi connectivity index (χ3n) is 4.29. The first-order chi connectivity index (χ1) is 9.19. The van der Waals surface area contributed by atoms with Crippen LogP contribution in [0.4, 0.5) is 0 Å². The highest BCUT2D eigenvalue weighted by Crippen LogP contribution is 2.40. The molecule has 0 radical (unpaired) electrons. The average molecular weight is 261 g/mol. The number of rotatable bonds is 7. The highest BCUT2D eigenvalue weighted by molar-refractivity contribution is 5.17. The summed E-state index contributed by atoms with van der Waals surface area (Å²) in [6.45, 7) is 7.66. The van der Waals surface area contributed by atoms with Crippen molar-refractivity contribution in [3.63, 3.8) is 0 Å². The van der Waals surface area contributed by atoms with Crippen molar-refractivity contribution in [3.05, 3.63) is 35.9 Å². The van der Waals surface area contributed by atoms with E-state index in [0.29, 0.717) is 5.41 Å². The van der Waals surface area contributed by atoms with Crippen LogP contribution in [-0.2, 0) is 0 Å². The number of aliphatic hydroxyl groups excluding tert-OH is 1. The summed E-state index contributed by atoms with van der Waals surface area (Å²) in [7, 11) is 0. The second-order valence-corrected chi connectivity index (χ2v) is 6.10. The molecule has 0 aromatic heterocycles. The molecule has 1 aromatic carbocycles. The Morgan fingerprint density at radius 3 is 2.21 bits per heavy atom. The van der Waals surface area contributed by atoms with Crippen molar-refractivity contribution in [1.82, 2.24) is 4.90 Å². The van der Waals surface area contributed by atoms with E-state index in [4.69, 9.17) is 0 Å². The van der Waals surface area contributed by atoms with Gasteiger partial charge in [-0.2, -0.15) is 0 Å². The predicted molar refractivity (Wildman–Crippen MR) is 80.1 cm³/mol. The summed E-state index contributed by atoms with van der Waals surface area (Å²) in [6, 6.07) is 10.00. The Kier molecular flexibility index (Phi) is 5.00. The first-order valence-electron chi connectivity index (χ1n) is 7.64. The summed E-state index contributed by atoms with van der Waals surface area (Å²) in [6.07, 6.45) is 4.87. The lowest BCUT2D eigenvalue weighted by Crippen LogP contribution is -2.57. The fourth-order valence-corrected chi connectivity index (χ4v) is 3.56. The molecule has 0 spiro atoms. The van der Waals surface area contributed by atoms with Gasteiger partial charge in [-0.25, -0.2) is 0 Å². The molecule has 1 unspecified atom stereocenters. The van der Waals surface area contributed by atoms with Crippen LogP contribution in [0.25, 0.3) is 0 Å². The normalized spacial score (nSPS) is 19.9. The molecule has 1 aliphatic heterocycles. The zero-order chi connectivity index (χ0) is 13.7. The molecule has 19 heavy (non-hydrogen) atoms. The van der Waals surface area contributed by atoms with Crippen molar-refractivity contribution >= 4 is 0 Å². The summed E-state index contributed by atoms with van der Waals surface area (Å²) in [5.41, 5.74) is 1.57. The van der Waals surface area contributed by atoms with Crippen LogP contribution in [0.3, 0.4) is 0 Å². The fourth-order valence-electron chi connectivity index (χ4n) is 3.56. The van der Waals surface area contributed by atoms with E-state index >= 15 is 0 Å². The Labute approximate surface area is 117 Å². The van der Waals surface area contributed by atoms with Crippen LogP contribution in [0.5, 0.6) is 0 Å². The Morgan fingerprint density at radius 2 is 1.68 bits per heavy atom. The van der Waals surface area contributed by atoms with Gasteiger partial charge < -0.3 is 5.11 Å². The first-order valence-corrected chi connectivity index (χ1v) is 7.64. The minimum atomic E-state index is -0.345. The molecule has 1 aromatic rings. The van der Waals surface area contributed by atoms with Crippen LogP contribution < -0.4 is 0 Å². The second-order valence-electron chi connectivity index (χ2n) is 6.10. The van der Waals surface area contributed by atoms with E-state index in [1.165, 1.54) is 38.8 Å². The van der Waals surface area contributed by atoms with E-state index < -0.39 is 0 Å². The van der Waals surface area contributed by atoms with Gasteiger partial charge in [0.15, 0.2) is 0 Å². The molecule has 1 atom stereocenters. The Bertz CT molecular complexity index is 362. The quantitative estimate of drug-likeness (QED) is 0.810. The van der Waals surface area contributed by atoms with Gasteiger partial charge in [0.25, 0.3) is 0 Å². The van der Waals surface area contributed by atoms with Crippen molar-refractivity contribution in [2.75, 3.05) is 19.6 Å². The van der Waals surface area contributed by atoms with Crippen molar-refractivity contribution in [1.29, 1.82) is 0 Å². The Balaban J connectivity index is 1.83. The largest absolute Gasteiger partial charge is 0.387 e. The maximum atomic E-state index is 10.2. The fraction of sp³-hybridized carbons (Fsp3) is 0.647. The second kappa shape index (κ2) is 6.53. The van der Waals surface area contributed by atoms with E-state index in [-0.39, 0.29) is 6.10 Å². The van der Waals surface area contributed by atoms with Gasteiger partial charge >= 0.3 is 0 Å². The lowest BCUT2D eigenvalue weighted by Gasteiger charge is -2.51. The minimum absolute atomic E-state index is 0.345. The van der Waals surface area contributed by atoms with Crippen LogP contribution in [0.1, 0.15) is 51.2 Å². The molecule has 2 rings (SSSR count). The summed E-state index contributed by atoms with van der Waals surface area (Å²) >= 11 is 0. The molecule has 2 heteroatoms. The van der Waals surface area contributed by atoms with Crippen molar-refractivity contribution in [2.24, 2.45) is 5.41 Å². The topological polar surface area (TPSA) is 23.5 Å². The SMILES string of the molecule is CCCC1(CCC)CN(CC(O)c2ccccc2)C1. The molecule has 0 amide bonds. The zero-order valence-electron chi connectivity index (χ0n) is 12.3. The molecule has 2 nitrogen and oxygen atoms in total. The van der Waals surface area contributed by atoms with E-state index in [0.717, 1.165) is 12.1 Å². The van der Waals surface area contributed by atoms with Gasteiger partial charge in [0.05, 0.1) is 6.10 Å². The first kappa shape index (κ1) is 14.5. The van der Waals surface area contributed by atoms with Gasteiger partial charge in [-0.1, -0.05) is 57.0 Å². The molecule has 0 bridgehead atoms. The number of benzene rings is 1. The number of hydrogen-bond acceptors (Lipinski definition) is 2. The van der Waals surface area contributed by atoms with E-state index in [1.54, 1.807) is 0 Å². The average Bonchev–Trinajstić information content (AvgIpc) is 2.38. The summed E-state index contributed by atoms with van der Waals surface area (Å²) in [4.78, 5) is 2.41. The third kappa shape index (κ3) is 3.58. The van der Waals surface area contributed by atoms with Crippen LogP contribution >= 0.6 is 0 Å². The Hall–Kier alpha value is -0.860. The molecular formula is C17H27NO. The number of likely N-dealkylation sites (tertiary alicyclic amines) is 1. The molecule has 0 aliphatic carbocycles. The van der Waals surface area contributed by atoms with Crippen molar-refractivity contribution in [2.45, 2.75) is 45.6 Å². The summed E-state index contributed by atoms with van der Waals surface area (Å²) in [5, 5.41) is 10.2. The number of aliphatic hydroxyl groups is 1. The van der Waals surface area contributed by atoms with Crippen LogP contribution in [0.2, 0.25) is 0 Å². The number of hydrogen-bond donors (Lipinski definition) is 1. The van der Waals surface area contributed by atoms with E-state index in [1.807, 2.05) is 30.3 Å². The Morgan fingerprint density at radius 1 is 1.11 bits per heavy atom. The molecule has 1 heterocycles. The van der Waals surface area contributed by atoms with Crippen molar-refractivity contribution in [3.8, 4) is 0 Å². The maximum Gasteiger partial charge on any atom is 0.0916 e. The van der Waals surface area contributed by atoms with Crippen molar-refractivity contribution < 1.29 is 5.11 Å². The van der Waals surface area contributed by atoms with E-state index in [2.05, 4.69) is 18.7 Å². The van der Waals surface area contributed by atoms with Gasteiger partial charge in [-0.3, -0.25) is 4.90 Å². The van der Waals surface area contributed by atoms with Gasteiger partial charge in [0.1, 0.15) is 0 Å². The standard InChI is InChI=1S/C17H27NO/c1-3-10-17(11-4-2)13-18(14-17)12-16(19)15-8-6-5-7-9-15/h5-9,16,19H,3-4,10-14H2,1-2H3. The third-order valence-corrected chi connectivity index (χ3v) is 4.29. The minimum Gasteiger partial charge on any atom is -0.387 e. The smallest absolute Gasteiger partial charge is 0.0916 e. The predicted octanol–water partition coefficient (Wildman–Crippen LogP) is 3.62. The monoisotopic (exact) mass is 261 g/mol. The van der Waals surface area contributed by atoms with Gasteiger partial charge in [0.2, 0.25) is 0 Å². The molecule has 0 saturated carbocycles. The van der Waals surface area contributed by atoms with Gasteiger partial charge in [0, 0.05) is 19.6 Å². The van der Waals surface area contributed by atoms with Crippen LogP contribution in [0, 0.1) is 5.41 Å². The highest BCUT2D eigenvalue weighted by Gasteiger charge is 2.41. The van der Waals surface area contributed by atoms with Crippen LogP contribution in [0.15, 0.2) is 30.3 Å². The maximum absolute atomic E-state index is 10.2. The molecule has 1 saturated heterocycles. The molecule has 1 N–H and O–H groups in total. The lowest BCUT2D eigenvalue weighted by molar-refractivity contribution is -0.0394. The lowest BCUT2D eigenvalue weighted by atomic mass is 9.72. The van der Waals surface area contributed by atoms with E-state index in [9.17, 15) is 5.11 Å². The summed E-state index contributed by atoms with van der Waals surface area (Å²) < 4.78 is 0. The van der Waals surface area contributed by atoms with Gasteiger partial charge in [-0.15, -0.1) is 0 Å². The van der Waals surface area contributed by atoms with Crippen LogP contribution in [-0.4, -0.2) is 29.6 Å². The molecular weight excluding hydrogens is 234 g/mol. The van der Waals surface area contributed by atoms with Gasteiger partial charge in [-0.05, 0) is 23.8 Å². The highest BCUT2D eigenvalue weighted by atomic mass is 16.3. The molecule has 1 aliphatic rings.